The molecule has 0 spiro atoms. The summed E-state index contributed by atoms with van der Waals surface area (Å²) in [5.41, 5.74) is 3.48. The third-order valence-electron chi connectivity index (χ3n) is 3.73. The number of aliphatic hydroxyl groups is 1. The summed E-state index contributed by atoms with van der Waals surface area (Å²) in [7, 11) is 0. The van der Waals surface area contributed by atoms with Gasteiger partial charge in [0.2, 0.25) is 0 Å². The highest BCUT2D eigenvalue weighted by molar-refractivity contribution is 5.55. The SMILES string of the molecule is Cc1ccc(N2CC(C)C(C)C2)c(CO)c1. The Labute approximate surface area is 97.9 Å². The highest BCUT2D eigenvalue weighted by Crippen LogP contribution is 2.30. The van der Waals surface area contributed by atoms with Crippen molar-refractivity contribution in [1.82, 2.24) is 0 Å². The zero-order chi connectivity index (χ0) is 11.7. The summed E-state index contributed by atoms with van der Waals surface area (Å²) in [4.78, 5) is 2.40. The molecule has 88 valence electrons. The molecule has 1 aliphatic rings. The van der Waals surface area contributed by atoms with Gasteiger partial charge in [-0.25, -0.2) is 0 Å². The third kappa shape index (κ3) is 2.07. The first kappa shape index (κ1) is 11.5. The summed E-state index contributed by atoms with van der Waals surface area (Å²) in [6.45, 7) is 9.03. The molecule has 0 aromatic heterocycles. The van der Waals surface area contributed by atoms with Gasteiger partial charge in [0.25, 0.3) is 0 Å². The van der Waals surface area contributed by atoms with Crippen LogP contribution in [0.4, 0.5) is 5.69 Å². The molecule has 1 N–H and O–H groups in total. The second-order valence-electron chi connectivity index (χ2n) is 5.15. The molecular formula is C14H21NO. The Bertz CT molecular complexity index is 365. The van der Waals surface area contributed by atoms with Gasteiger partial charge in [-0.2, -0.15) is 0 Å². The van der Waals surface area contributed by atoms with E-state index in [-0.39, 0.29) is 6.61 Å². The third-order valence-corrected chi connectivity index (χ3v) is 3.73. The Morgan fingerprint density at radius 3 is 2.44 bits per heavy atom. The minimum absolute atomic E-state index is 0.135. The molecular weight excluding hydrogens is 198 g/mol. The second kappa shape index (κ2) is 4.46. The van der Waals surface area contributed by atoms with Crippen LogP contribution < -0.4 is 4.90 Å². The lowest BCUT2D eigenvalue weighted by Gasteiger charge is -2.21. The number of hydrogen-bond donors (Lipinski definition) is 1. The normalized spacial score (nSPS) is 25.1. The molecule has 1 aromatic carbocycles. The van der Waals surface area contributed by atoms with Crippen LogP contribution in [0.15, 0.2) is 18.2 Å². The van der Waals surface area contributed by atoms with Gasteiger partial charge in [0.1, 0.15) is 0 Å². The molecule has 2 heteroatoms. The van der Waals surface area contributed by atoms with Crippen LogP contribution in [0.25, 0.3) is 0 Å². The predicted molar refractivity (Wildman–Crippen MR) is 67.6 cm³/mol. The van der Waals surface area contributed by atoms with Gasteiger partial charge < -0.3 is 10.0 Å². The number of hydrogen-bond acceptors (Lipinski definition) is 2. The molecule has 1 aliphatic heterocycles. The van der Waals surface area contributed by atoms with E-state index in [1.807, 2.05) is 0 Å². The molecule has 1 aromatic rings. The Hall–Kier alpha value is -1.02. The van der Waals surface area contributed by atoms with Crippen LogP contribution in [0.5, 0.6) is 0 Å². The first-order valence-electron chi connectivity index (χ1n) is 6.07. The van der Waals surface area contributed by atoms with Crippen LogP contribution >= 0.6 is 0 Å². The highest BCUT2D eigenvalue weighted by Gasteiger charge is 2.27. The van der Waals surface area contributed by atoms with Crippen LogP contribution in [0, 0.1) is 18.8 Å². The molecule has 2 unspecified atom stereocenters. The first-order chi connectivity index (χ1) is 7.61. The molecule has 0 saturated carbocycles. The van der Waals surface area contributed by atoms with Crippen molar-refractivity contribution in [2.24, 2.45) is 11.8 Å². The molecule has 0 radical (unpaired) electrons. The van der Waals surface area contributed by atoms with Crippen molar-refractivity contribution in [2.75, 3.05) is 18.0 Å². The van der Waals surface area contributed by atoms with Crippen molar-refractivity contribution in [1.29, 1.82) is 0 Å². The summed E-state index contributed by atoms with van der Waals surface area (Å²) < 4.78 is 0. The van der Waals surface area contributed by atoms with E-state index < -0.39 is 0 Å². The molecule has 1 fully saturated rings. The smallest absolute Gasteiger partial charge is 0.0702 e. The highest BCUT2D eigenvalue weighted by atomic mass is 16.3. The molecule has 0 amide bonds. The van der Waals surface area contributed by atoms with Gasteiger partial charge in [-0.1, -0.05) is 31.5 Å². The number of nitrogens with zero attached hydrogens (tertiary/aromatic N) is 1. The van der Waals surface area contributed by atoms with E-state index in [2.05, 4.69) is 43.9 Å². The average Bonchev–Trinajstić information content (AvgIpc) is 2.59. The van der Waals surface area contributed by atoms with E-state index >= 15 is 0 Å². The van der Waals surface area contributed by atoms with E-state index in [0.29, 0.717) is 0 Å². The fourth-order valence-electron chi connectivity index (χ4n) is 2.48. The maximum absolute atomic E-state index is 9.41. The number of aliphatic hydroxyl groups excluding tert-OH is 1. The predicted octanol–water partition coefficient (Wildman–Crippen LogP) is 2.58. The number of rotatable bonds is 2. The molecule has 1 heterocycles. The Kier molecular flexibility index (Phi) is 3.20. The van der Waals surface area contributed by atoms with E-state index in [9.17, 15) is 5.11 Å². The minimum Gasteiger partial charge on any atom is -0.392 e. The average molecular weight is 219 g/mol. The maximum Gasteiger partial charge on any atom is 0.0702 e. The van der Waals surface area contributed by atoms with Gasteiger partial charge >= 0.3 is 0 Å². The Morgan fingerprint density at radius 1 is 1.25 bits per heavy atom. The van der Waals surface area contributed by atoms with Crippen LogP contribution in [-0.2, 0) is 6.61 Å². The van der Waals surface area contributed by atoms with Gasteiger partial charge in [0.15, 0.2) is 0 Å². The zero-order valence-electron chi connectivity index (χ0n) is 10.4. The molecule has 1 saturated heterocycles. The fourth-order valence-corrected chi connectivity index (χ4v) is 2.48. The molecule has 16 heavy (non-hydrogen) atoms. The van der Waals surface area contributed by atoms with Crippen LogP contribution in [0.2, 0.25) is 0 Å². The van der Waals surface area contributed by atoms with Crippen molar-refractivity contribution in [2.45, 2.75) is 27.4 Å². The van der Waals surface area contributed by atoms with Gasteiger partial charge in [0.05, 0.1) is 6.61 Å². The summed E-state index contributed by atoms with van der Waals surface area (Å²) in [6.07, 6.45) is 0. The lowest BCUT2D eigenvalue weighted by atomic mass is 10.0. The van der Waals surface area contributed by atoms with E-state index in [4.69, 9.17) is 0 Å². The van der Waals surface area contributed by atoms with Crippen molar-refractivity contribution < 1.29 is 5.11 Å². The standard InChI is InChI=1S/C14H21NO/c1-10-4-5-14(13(6-10)9-16)15-7-11(2)12(3)8-15/h4-6,11-12,16H,7-9H2,1-3H3. The molecule has 0 bridgehead atoms. The minimum atomic E-state index is 0.135. The van der Waals surface area contributed by atoms with Gasteiger partial charge in [-0.05, 0) is 24.8 Å². The summed E-state index contributed by atoms with van der Waals surface area (Å²) in [5, 5.41) is 9.41. The van der Waals surface area contributed by atoms with Crippen molar-refractivity contribution in [3.05, 3.63) is 29.3 Å². The van der Waals surface area contributed by atoms with Crippen molar-refractivity contribution in [3.8, 4) is 0 Å². The first-order valence-corrected chi connectivity index (χ1v) is 6.07. The monoisotopic (exact) mass is 219 g/mol. The number of anilines is 1. The molecule has 2 nitrogen and oxygen atoms in total. The van der Waals surface area contributed by atoms with Crippen LogP contribution in [0.3, 0.4) is 0 Å². The van der Waals surface area contributed by atoms with Crippen molar-refractivity contribution in [3.63, 3.8) is 0 Å². The van der Waals surface area contributed by atoms with E-state index in [1.165, 1.54) is 11.3 Å². The lowest BCUT2D eigenvalue weighted by Crippen LogP contribution is -2.21. The molecule has 2 atom stereocenters. The van der Waals surface area contributed by atoms with E-state index in [1.54, 1.807) is 0 Å². The second-order valence-corrected chi connectivity index (χ2v) is 5.15. The summed E-state index contributed by atoms with van der Waals surface area (Å²) in [5.74, 6) is 1.49. The number of benzene rings is 1. The Morgan fingerprint density at radius 2 is 1.88 bits per heavy atom. The van der Waals surface area contributed by atoms with E-state index in [0.717, 1.165) is 30.5 Å². The van der Waals surface area contributed by atoms with Crippen LogP contribution in [-0.4, -0.2) is 18.2 Å². The summed E-state index contributed by atoms with van der Waals surface area (Å²) >= 11 is 0. The van der Waals surface area contributed by atoms with Gasteiger partial charge in [0, 0.05) is 24.3 Å². The number of aryl methyl sites for hydroxylation is 1. The Balaban J connectivity index is 2.27. The maximum atomic E-state index is 9.41. The summed E-state index contributed by atoms with van der Waals surface area (Å²) in [6, 6.07) is 6.36. The quantitative estimate of drug-likeness (QED) is 0.826. The molecule has 2 rings (SSSR count). The van der Waals surface area contributed by atoms with Gasteiger partial charge in [-0.3, -0.25) is 0 Å². The molecule has 0 aliphatic carbocycles. The lowest BCUT2D eigenvalue weighted by molar-refractivity contribution is 0.282. The topological polar surface area (TPSA) is 23.5 Å². The fraction of sp³-hybridized carbons (Fsp3) is 0.571. The zero-order valence-corrected chi connectivity index (χ0v) is 10.4. The van der Waals surface area contributed by atoms with Crippen molar-refractivity contribution >= 4 is 5.69 Å². The largest absolute Gasteiger partial charge is 0.392 e. The van der Waals surface area contributed by atoms with Gasteiger partial charge in [-0.15, -0.1) is 0 Å². The van der Waals surface area contributed by atoms with Crippen LogP contribution in [0.1, 0.15) is 25.0 Å².